The minimum absolute atomic E-state index is 0.0281. The Labute approximate surface area is 141 Å². The van der Waals surface area contributed by atoms with Gasteiger partial charge in [0.15, 0.2) is 11.7 Å². The first kappa shape index (κ1) is 16.7. The van der Waals surface area contributed by atoms with Crippen molar-refractivity contribution in [2.45, 2.75) is 13.3 Å². The van der Waals surface area contributed by atoms with Crippen molar-refractivity contribution >= 4 is 51.5 Å². The van der Waals surface area contributed by atoms with Crippen LogP contribution in [0.15, 0.2) is 23.6 Å². The van der Waals surface area contributed by atoms with Crippen LogP contribution in [0.1, 0.15) is 11.3 Å². The van der Waals surface area contributed by atoms with Gasteiger partial charge in [-0.2, -0.15) is 0 Å². The molecule has 2 aromatic rings. The third-order valence-electron chi connectivity index (χ3n) is 2.58. The van der Waals surface area contributed by atoms with E-state index in [1.54, 1.807) is 18.2 Å². The van der Waals surface area contributed by atoms with Crippen LogP contribution in [-0.2, 0) is 20.7 Å². The summed E-state index contributed by atoms with van der Waals surface area (Å²) in [4.78, 5) is 27.4. The van der Waals surface area contributed by atoms with E-state index in [1.807, 2.05) is 12.3 Å². The van der Waals surface area contributed by atoms with Crippen LogP contribution in [0.5, 0.6) is 0 Å². The molecule has 1 N–H and O–H groups in total. The van der Waals surface area contributed by atoms with E-state index in [2.05, 4.69) is 10.3 Å². The standard InChI is InChI=1S/C14H12Cl2N2O3S/c1-8-7-22-14(17-8)18-12(19)6-21-13(20)4-9-2-3-10(15)5-11(9)16/h2-3,5,7H,4,6H2,1H3,(H,17,18,19). The van der Waals surface area contributed by atoms with Gasteiger partial charge in [-0.15, -0.1) is 11.3 Å². The van der Waals surface area contributed by atoms with Gasteiger partial charge in [0.1, 0.15) is 0 Å². The third-order valence-corrected chi connectivity index (χ3v) is 4.04. The SMILES string of the molecule is Cc1csc(NC(=O)COC(=O)Cc2ccc(Cl)cc2Cl)n1. The summed E-state index contributed by atoms with van der Waals surface area (Å²) in [7, 11) is 0. The highest BCUT2D eigenvalue weighted by Crippen LogP contribution is 2.21. The molecule has 5 nitrogen and oxygen atoms in total. The van der Waals surface area contributed by atoms with E-state index in [4.69, 9.17) is 27.9 Å². The molecule has 0 bridgehead atoms. The zero-order valence-electron chi connectivity index (χ0n) is 11.6. The maximum Gasteiger partial charge on any atom is 0.310 e. The minimum Gasteiger partial charge on any atom is -0.455 e. The van der Waals surface area contributed by atoms with Crippen molar-refractivity contribution in [1.82, 2.24) is 4.98 Å². The average Bonchev–Trinajstić information content (AvgIpc) is 2.85. The fraction of sp³-hybridized carbons (Fsp3) is 0.214. The molecular weight excluding hydrogens is 347 g/mol. The second kappa shape index (κ2) is 7.58. The first-order chi connectivity index (χ1) is 10.4. The zero-order valence-corrected chi connectivity index (χ0v) is 13.9. The number of nitrogens with one attached hydrogen (secondary N) is 1. The van der Waals surface area contributed by atoms with Crippen LogP contribution in [-0.4, -0.2) is 23.5 Å². The Bertz CT molecular complexity index is 703. The quantitative estimate of drug-likeness (QED) is 0.830. The lowest BCUT2D eigenvalue weighted by Crippen LogP contribution is -2.21. The van der Waals surface area contributed by atoms with E-state index < -0.39 is 11.9 Å². The Kier molecular flexibility index (Phi) is 5.76. The summed E-state index contributed by atoms with van der Waals surface area (Å²) in [6, 6.07) is 4.82. The van der Waals surface area contributed by atoms with Crippen LogP contribution in [0, 0.1) is 6.92 Å². The number of carbonyl (C=O) groups excluding carboxylic acids is 2. The zero-order chi connectivity index (χ0) is 16.1. The molecular formula is C14H12Cl2N2O3S. The smallest absolute Gasteiger partial charge is 0.310 e. The Balaban J connectivity index is 1.81. The molecule has 2 rings (SSSR count). The highest BCUT2D eigenvalue weighted by Gasteiger charge is 2.12. The number of anilines is 1. The molecule has 1 aromatic heterocycles. The predicted octanol–water partition coefficient (Wildman–Crippen LogP) is 3.48. The monoisotopic (exact) mass is 358 g/mol. The lowest BCUT2D eigenvalue weighted by molar-refractivity contribution is -0.146. The first-order valence-corrected chi connectivity index (χ1v) is 7.89. The van der Waals surface area contributed by atoms with Gasteiger partial charge in [-0.3, -0.25) is 14.9 Å². The Morgan fingerprint density at radius 3 is 2.77 bits per heavy atom. The average molecular weight is 359 g/mol. The molecule has 0 atom stereocenters. The van der Waals surface area contributed by atoms with E-state index >= 15 is 0 Å². The fourth-order valence-electron chi connectivity index (χ4n) is 1.58. The molecule has 0 aliphatic heterocycles. The molecule has 22 heavy (non-hydrogen) atoms. The van der Waals surface area contributed by atoms with Gasteiger partial charge >= 0.3 is 5.97 Å². The number of nitrogens with zero attached hydrogens (tertiary/aromatic N) is 1. The van der Waals surface area contributed by atoms with Crippen molar-refractivity contribution in [3.8, 4) is 0 Å². The minimum atomic E-state index is -0.547. The second-order valence-electron chi connectivity index (χ2n) is 4.42. The summed E-state index contributed by atoms with van der Waals surface area (Å²) in [5, 5.41) is 5.70. The van der Waals surface area contributed by atoms with Gasteiger partial charge in [0.25, 0.3) is 5.91 Å². The largest absolute Gasteiger partial charge is 0.455 e. The van der Waals surface area contributed by atoms with Crippen LogP contribution >= 0.6 is 34.5 Å². The lowest BCUT2D eigenvalue weighted by atomic mass is 10.1. The molecule has 0 unspecified atom stereocenters. The Morgan fingerprint density at radius 1 is 1.36 bits per heavy atom. The maximum atomic E-state index is 11.7. The number of halogens is 2. The van der Waals surface area contributed by atoms with Crippen LogP contribution < -0.4 is 5.32 Å². The number of rotatable bonds is 5. The molecule has 1 aromatic carbocycles. The number of carbonyl (C=O) groups is 2. The van der Waals surface area contributed by atoms with Crippen LogP contribution in [0.3, 0.4) is 0 Å². The third kappa shape index (κ3) is 4.98. The summed E-state index contributed by atoms with van der Waals surface area (Å²) in [5.74, 6) is -0.986. The summed E-state index contributed by atoms with van der Waals surface area (Å²) in [5.41, 5.74) is 1.40. The van der Waals surface area contributed by atoms with Gasteiger partial charge in [0.2, 0.25) is 0 Å². The van der Waals surface area contributed by atoms with E-state index in [-0.39, 0.29) is 13.0 Å². The number of amides is 1. The number of benzene rings is 1. The van der Waals surface area contributed by atoms with Crippen molar-refractivity contribution in [1.29, 1.82) is 0 Å². The Hall–Kier alpha value is -1.63. The van der Waals surface area contributed by atoms with Crippen molar-refractivity contribution < 1.29 is 14.3 Å². The molecule has 1 heterocycles. The van der Waals surface area contributed by atoms with Gasteiger partial charge in [-0.25, -0.2) is 4.98 Å². The molecule has 0 aliphatic carbocycles. The molecule has 1 amide bonds. The molecule has 116 valence electrons. The van der Waals surface area contributed by atoms with Crippen LogP contribution in [0.4, 0.5) is 5.13 Å². The van der Waals surface area contributed by atoms with Crippen molar-refractivity contribution in [2.75, 3.05) is 11.9 Å². The van der Waals surface area contributed by atoms with Gasteiger partial charge in [-0.1, -0.05) is 29.3 Å². The number of hydrogen-bond donors (Lipinski definition) is 1. The van der Waals surface area contributed by atoms with Crippen LogP contribution in [0.25, 0.3) is 0 Å². The van der Waals surface area contributed by atoms with Crippen LogP contribution in [0.2, 0.25) is 10.0 Å². The van der Waals surface area contributed by atoms with Crippen molar-refractivity contribution in [3.63, 3.8) is 0 Å². The number of aromatic nitrogens is 1. The number of aryl methyl sites for hydroxylation is 1. The van der Waals surface area contributed by atoms with E-state index in [9.17, 15) is 9.59 Å². The molecule has 0 saturated heterocycles. The molecule has 8 heteroatoms. The normalized spacial score (nSPS) is 10.3. The molecule has 0 fully saturated rings. The summed E-state index contributed by atoms with van der Waals surface area (Å²) in [6.07, 6.45) is -0.0281. The lowest BCUT2D eigenvalue weighted by Gasteiger charge is -2.06. The van der Waals surface area contributed by atoms with Gasteiger partial charge in [0.05, 0.1) is 12.1 Å². The van der Waals surface area contributed by atoms with E-state index in [0.717, 1.165) is 5.69 Å². The maximum absolute atomic E-state index is 11.7. The molecule has 0 aliphatic rings. The van der Waals surface area contributed by atoms with E-state index in [0.29, 0.717) is 20.7 Å². The fourth-order valence-corrected chi connectivity index (χ4v) is 2.76. The topological polar surface area (TPSA) is 68.3 Å². The summed E-state index contributed by atoms with van der Waals surface area (Å²) < 4.78 is 4.91. The summed E-state index contributed by atoms with van der Waals surface area (Å²) >= 11 is 13.0. The number of thiazole rings is 1. The molecule has 0 radical (unpaired) electrons. The van der Waals surface area contributed by atoms with E-state index in [1.165, 1.54) is 11.3 Å². The highest BCUT2D eigenvalue weighted by atomic mass is 35.5. The highest BCUT2D eigenvalue weighted by molar-refractivity contribution is 7.13. The first-order valence-electron chi connectivity index (χ1n) is 6.25. The van der Waals surface area contributed by atoms with Gasteiger partial charge in [0, 0.05) is 15.4 Å². The van der Waals surface area contributed by atoms with Gasteiger partial charge in [-0.05, 0) is 24.6 Å². The predicted molar refractivity (Wildman–Crippen MR) is 86.6 cm³/mol. The number of esters is 1. The summed E-state index contributed by atoms with van der Waals surface area (Å²) in [6.45, 7) is 1.45. The Morgan fingerprint density at radius 2 is 2.14 bits per heavy atom. The number of hydrogen-bond acceptors (Lipinski definition) is 5. The number of ether oxygens (including phenoxy) is 1. The van der Waals surface area contributed by atoms with Crippen molar-refractivity contribution in [3.05, 3.63) is 44.9 Å². The molecule has 0 saturated carbocycles. The second-order valence-corrected chi connectivity index (χ2v) is 6.12. The van der Waals surface area contributed by atoms with Gasteiger partial charge < -0.3 is 4.74 Å². The molecule has 0 spiro atoms. The van der Waals surface area contributed by atoms with Crippen molar-refractivity contribution in [2.24, 2.45) is 0 Å².